The second-order valence-corrected chi connectivity index (χ2v) is 11.7. The molecule has 0 saturated heterocycles. The summed E-state index contributed by atoms with van der Waals surface area (Å²) in [6.45, 7) is 0. The topological polar surface area (TPSA) is 34.1 Å². The molecule has 2 atom stereocenters. The highest BCUT2D eigenvalue weighted by Crippen LogP contribution is 2.50. The van der Waals surface area contributed by atoms with Crippen LogP contribution in [0.5, 0.6) is 0 Å². The van der Waals surface area contributed by atoms with Crippen LogP contribution in [0.4, 0.5) is 0 Å². The zero-order chi connectivity index (χ0) is 24.2. The van der Waals surface area contributed by atoms with Crippen LogP contribution in [-0.2, 0) is 22.4 Å². The second-order valence-electron chi connectivity index (χ2n) is 10.5. The number of hydrogen-bond acceptors (Lipinski definition) is 3. The highest BCUT2D eigenvalue weighted by Gasteiger charge is 2.40. The molecule has 4 aliphatic rings. The Balaban J connectivity index is 1.41. The number of aryl methyl sites for hydroxylation is 2. The highest BCUT2D eigenvalue weighted by atomic mass is 32.1. The largest absolute Gasteiger partial charge is 0.294 e. The summed E-state index contributed by atoms with van der Waals surface area (Å²) in [5.74, 6) is 0.506. The summed E-state index contributed by atoms with van der Waals surface area (Å²) in [7, 11) is 0. The zero-order valence-electron chi connectivity index (χ0n) is 20.3. The van der Waals surface area contributed by atoms with Crippen LogP contribution >= 0.6 is 11.3 Å². The zero-order valence-corrected chi connectivity index (χ0v) is 21.1. The van der Waals surface area contributed by atoms with Gasteiger partial charge in [0.2, 0.25) is 0 Å². The number of carbonyl (C=O) groups excluding carboxylic acids is 2. The summed E-state index contributed by atoms with van der Waals surface area (Å²) in [5, 5.41) is 0. The Hall–Kier alpha value is -3.30. The first kappa shape index (κ1) is 21.9. The van der Waals surface area contributed by atoms with E-state index in [1.54, 1.807) is 0 Å². The third kappa shape index (κ3) is 3.52. The van der Waals surface area contributed by atoms with E-state index in [9.17, 15) is 9.59 Å². The molecule has 1 aliphatic heterocycles. The van der Waals surface area contributed by atoms with Crippen molar-refractivity contribution < 1.29 is 9.59 Å². The Morgan fingerprint density at radius 1 is 0.611 bits per heavy atom. The molecule has 2 aromatic carbocycles. The molecule has 2 unspecified atom stereocenters. The van der Waals surface area contributed by atoms with Crippen molar-refractivity contribution in [3.05, 3.63) is 116 Å². The molecule has 0 fully saturated rings. The van der Waals surface area contributed by atoms with Gasteiger partial charge in [-0.3, -0.25) is 9.59 Å². The third-order valence-electron chi connectivity index (χ3n) is 8.30. The minimum absolute atomic E-state index is 0.0153. The Morgan fingerprint density at radius 3 is 1.58 bits per heavy atom. The molecule has 0 saturated carbocycles. The number of benzene rings is 2. The van der Waals surface area contributed by atoms with Crippen molar-refractivity contribution in [2.24, 2.45) is 0 Å². The van der Waals surface area contributed by atoms with E-state index in [4.69, 9.17) is 0 Å². The first-order chi connectivity index (χ1) is 17.7. The lowest BCUT2D eigenvalue weighted by Crippen LogP contribution is -2.00. The number of thiophene rings is 1. The van der Waals surface area contributed by atoms with Crippen LogP contribution in [0.2, 0.25) is 0 Å². The predicted octanol–water partition coefficient (Wildman–Crippen LogP) is 7.61. The van der Waals surface area contributed by atoms with Gasteiger partial charge in [0.05, 0.1) is 6.42 Å². The quantitative estimate of drug-likeness (QED) is 0.305. The molecule has 2 heterocycles. The van der Waals surface area contributed by atoms with E-state index < -0.39 is 0 Å². The fourth-order valence-corrected chi connectivity index (χ4v) is 7.76. The number of allylic oxidation sites excluding steroid dienone is 6. The van der Waals surface area contributed by atoms with Gasteiger partial charge in [-0.05, 0) is 84.1 Å². The number of Topliss-reactive ketones (excluding diaryl/α,β-unsaturated/α-hetero) is 2. The Labute approximate surface area is 216 Å². The van der Waals surface area contributed by atoms with E-state index in [-0.39, 0.29) is 29.8 Å². The van der Waals surface area contributed by atoms with Gasteiger partial charge in [0.1, 0.15) is 0 Å². The van der Waals surface area contributed by atoms with Gasteiger partial charge in [-0.2, -0.15) is 0 Å². The van der Waals surface area contributed by atoms with Crippen LogP contribution in [0, 0.1) is 0 Å². The summed E-state index contributed by atoms with van der Waals surface area (Å²) in [6, 6.07) is 21.6. The summed E-state index contributed by atoms with van der Waals surface area (Å²) in [5.41, 5.74) is 8.10. The molecule has 2 nitrogen and oxygen atoms in total. The molecule has 7 rings (SSSR count). The van der Waals surface area contributed by atoms with Crippen molar-refractivity contribution in [1.29, 1.82) is 0 Å². The van der Waals surface area contributed by atoms with Crippen LogP contribution < -0.4 is 0 Å². The third-order valence-corrected chi connectivity index (χ3v) is 9.50. The number of rotatable bonds is 0. The maximum absolute atomic E-state index is 13.4. The van der Waals surface area contributed by atoms with E-state index >= 15 is 0 Å². The number of hydrogen-bond donors (Lipinski definition) is 0. The molecule has 0 radical (unpaired) electrons. The van der Waals surface area contributed by atoms with Crippen LogP contribution in [0.3, 0.4) is 0 Å². The normalized spacial score (nSPS) is 23.1. The smallest absolute Gasteiger partial charge is 0.171 e. The first-order valence-electron chi connectivity index (χ1n) is 13.2. The van der Waals surface area contributed by atoms with E-state index in [0.29, 0.717) is 11.1 Å². The Morgan fingerprint density at radius 2 is 1.08 bits per heavy atom. The Bertz CT molecular complexity index is 1400. The summed E-state index contributed by atoms with van der Waals surface area (Å²) < 4.78 is 0. The molecule has 3 aliphatic carbocycles. The molecule has 178 valence electrons. The van der Waals surface area contributed by atoms with Crippen molar-refractivity contribution in [3.8, 4) is 0 Å². The minimum Gasteiger partial charge on any atom is -0.294 e. The van der Waals surface area contributed by atoms with Gasteiger partial charge in [-0.15, -0.1) is 11.3 Å². The molecule has 0 amide bonds. The molecule has 0 spiro atoms. The maximum atomic E-state index is 13.4. The highest BCUT2D eigenvalue weighted by molar-refractivity contribution is 7.11. The molecular formula is C33H28O2S. The van der Waals surface area contributed by atoms with Crippen LogP contribution in [0.25, 0.3) is 11.1 Å². The van der Waals surface area contributed by atoms with Gasteiger partial charge < -0.3 is 0 Å². The standard InChI is InChI=1S/C33H28O2S/c34-30-19-31(35)33-29-18-21(25-12-2-4-14-27(25)29)8-6-10-23-16-15-22(36-23)9-5-7-20-17-28(32(30)33)26-13-3-1-11-24(20)26/h1-4,11-18,20-21H,5-10,19H2. The summed E-state index contributed by atoms with van der Waals surface area (Å²) in [6.07, 6.45) is 11.1. The van der Waals surface area contributed by atoms with E-state index in [1.165, 1.54) is 20.9 Å². The fraction of sp³-hybridized carbons (Fsp3) is 0.273. The lowest BCUT2D eigenvalue weighted by Gasteiger charge is -2.12. The van der Waals surface area contributed by atoms with Gasteiger partial charge in [-0.25, -0.2) is 0 Å². The molecule has 36 heavy (non-hydrogen) atoms. The molecule has 3 aromatic rings. The second kappa shape index (κ2) is 8.67. The minimum atomic E-state index is -0.0257. The van der Waals surface area contributed by atoms with Gasteiger partial charge in [0, 0.05) is 32.7 Å². The average molecular weight is 489 g/mol. The monoisotopic (exact) mass is 488 g/mol. The molecule has 0 N–H and O–H groups in total. The van der Waals surface area contributed by atoms with Crippen molar-refractivity contribution in [1.82, 2.24) is 0 Å². The molecule has 3 heteroatoms. The SMILES string of the molecule is O=C1CC(=O)C2=C1C1=CC(CCCc3ccc(s3)CCCC3C=C2c2ccccc23)c2ccccc21. The summed E-state index contributed by atoms with van der Waals surface area (Å²) in [4.78, 5) is 29.8. The van der Waals surface area contributed by atoms with Crippen LogP contribution in [0.15, 0.2) is 84.0 Å². The van der Waals surface area contributed by atoms with Gasteiger partial charge in [0.15, 0.2) is 11.6 Å². The molecule has 1 aromatic heterocycles. The van der Waals surface area contributed by atoms with Crippen molar-refractivity contribution >= 4 is 34.0 Å². The van der Waals surface area contributed by atoms with Gasteiger partial charge >= 0.3 is 0 Å². The van der Waals surface area contributed by atoms with E-state index in [1.807, 2.05) is 11.3 Å². The van der Waals surface area contributed by atoms with E-state index in [2.05, 4.69) is 72.8 Å². The van der Waals surface area contributed by atoms with Gasteiger partial charge in [0.25, 0.3) is 0 Å². The van der Waals surface area contributed by atoms with Crippen molar-refractivity contribution in [3.63, 3.8) is 0 Å². The number of fused-ring (bicyclic) bond motifs is 12. The van der Waals surface area contributed by atoms with Crippen LogP contribution in [-0.4, -0.2) is 11.6 Å². The van der Waals surface area contributed by atoms with Crippen molar-refractivity contribution in [2.75, 3.05) is 0 Å². The lowest BCUT2D eigenvalue weighted by molar-refractivity contribution is -0.120. The molecule has 6 bridgehead atoms. The first-order valence-corrected chi connectivity index (χ1v) is 14.0. The van der Waals surface area contributed by atoms with E-state index in [0.717, 1.165) is 60.8 Å². The Kier molecular flexibility index (Phi) is 5.28. The average Bonchev–Trinajstić information content (AvgIpc) is 3.64. The summed E-state index contributed by atoms with van der Waals surface area (Å²) >= 11 is 1.97. The van der Waals surface area contributed by atoms with Crippen LogP contribution in [0.1, 0.15) is 75.9 Å². The molecular weight excluding hydrogens is 460 g/mol. The maximum Gasteiger partial charge on any atom is 0.171 e. The predicted molar refractivity (Wildman–Crippen MR) is 146 cm³/mol. The number of ketones is 2. The lowest BCUT2D eigenvalue weighted by atomic mass is 9.90. The fourth-order valence-electron chi connectivity index (χ4n) is 6.66. The number of carbonyl (C=O) groups is 2. The van der Waals surface area contributed by atoms with Crippen molar-refractivity contribution in [2.45, 2.75) is 56.8 Å². The van der Waals surface area contributed by atoms with Gasteiger partial charge in [-0.1, -0.05) is 60.7 Å².